The molecule has 0 bridgehead atoms. The monoisotopic (exact) mass is 430 g/mol. The van der Waals surface area contributed by atoms with Crippen molar-refractivity contribution in [3.05, 3.63) is 39.2 Å². The molecule has 0 atom stereocenters. The van der Waals surface area contributed by atoms with Gasteiger partial charge in [0.15, 0.2) is 5.16 Å². The number of hydrogen-bond donors (Lipinski definition) is 0. The van der Waals surface area contributed by atoms with Gasteiger partial charge in [0.25, 0.3) is 0 Å². The van der Waals surface area contributed by atoms with Crippen LogP contribution in [0.15, 0.2) is 29.4 Å². The largest absolute Gasteiger partial charge is 0.379 e. The Morgan fingerprint density at radius 3 is 2.64 bits per heavy atom. The zero-order chi connectivity index (χ0) is 15.4. The maximum atomic E-state index is 5.38. The molecule has 0 spiro atoms. The van der Waals surface area contributed by atoms with E-state index in [1.54, 1.807) is 11.8 Å². The molecule has 22 heavy (non-hydrogen) atoms. The third-order valence-electron chi connectivity index (χ3n) is 3.68. The average molecular weight is 430 g/mol. The lowest BCUT2D eigenvalue weighted by atomic mass is 10.2. The normalized spacial score (nSPS) is 16.1. The highest BCUT2D eigenvalue weighted by molar-refractivity contribution is 14.1. The second-order valence-corrected chi connectivity index (χ2v) is 7.45. The van der Waals surface area contributed by atoms with Crippen molar-refractivity contribution in [2.45, 2.75) is 17.5 Å². The van der Waals surface area contributed by atoms with Gasteiger partial charge < -0.3 is 9.30 Å². The molecule has 1 saturated heterocycles. The summed E-state index contributed by atoms with van der Waals surface area (Å²) in [4.78, 5) is 2.36. The number of morpholine rings is 1. The van der Waals surface area contributed by atoms with Crippen LogP contribution in [-0.4, -0.2) is 46.0 Å². The van der Waals surface area contributed by atoms with E-state index in [0.717, 1.165) is 49.6 Å². The number of nitrogens with zero attached hydrogens (tertiary/aromatic N) is 4. The van der Waals surface area contributed by atoms with Crippen LogP contribution in [0.2, 0.25) is 0 Å². The van der Waals surface area contributed by atoms with Crippen molar-refractivity contribution in [2.75, 3.05) is 26.3 Å². The lowest BCUT2D eigenvalue weighted by molar-refractivity contribution is 0.0326. The van der Waals surface area contributed by atoms with Gasteiger partial charge in [0.05, 0.1) is 19.8 Å². The van der Waals surface area contributed by atoms with Gasteiger partial charge in [-0.1, -0.05) is 23.9 Å². The van der Waals surface area contributed by atoms with Crippen molar-refractivity contribution in [1.29, 1.82) is 0 Å². The first-order chi connectivity index (χ1) is 10.7. The molecule has 118 valence electrons. The lowest BCUT2D eigenvalue weighted by Crippen LogP contribution is -2.36. The topological polar surface area (TPSA) is 43.2 Å². The van der Waals surface area contributed by atoms with Crippen molar-refractivity contribution in [3.8, 4) is 0 Å². The van der Waals surface area contributed by atoms with Crippen LogP contribution in [0.1, 0.15) is 11.4 Å². The van der Waals surface area contributed by atoms with Crippen LogP contribution in [0.25, 0.3) is 0 Å². The van der Waals surface area contributed by atoms with Gasteiger partial charge in [0.1, 0.15) is 5.82 Å². The van der Waals surface area contributed by atoms with E-state index in [2.05, 4.69) is 66.5 Å². The Bertz CT molecular complexity index is 611. The van der Waals surface area contributed by atoms with E-state index in [0.29, 0.717) is 0 Å². The lowest BCUT2D eigenvalue weighted by Gasteiger charge is -2.25. The Hall–Kier alpha value is -0.640. The minimum Gasteiger partial charge on any atom is -0.379 e. The molecule has 0 unspecified atom stereocenters. The van der Waals surface area contributed by atoms with Crippen molar-refractivity contribution >= 4 is 34.4 Å². The highest BCUT2D eigenvalue weighted by Gasteiger charge is 2.15. The van der Waals surface area contributed by atoms with Crippen LogP contribution < -0.4 is 0 Å². The van der Waals surface area contributed by atoms with Crippen LogP contribution in [-0.2, 0) is 24.1 Å². The molecular formula is C15H19IN4OS. The number of thioether (sulfide) groups is 1. The van der Waals surface area contributed by atoms with Crippen molar-refractivity contribution in [1.82, 2.24) is 19.7 Å². The third kappa shape index (κ3) is 4.21. The van der Waals surface area contributed by atoms with Gasteiger partial charge in [-0.3, -0.25) is 4.90 Å². The van der Waals surface area contributed by atoms with Crippen molar-refractivity contribution < 1.29 is 4.74 Å². The minimum absolute atomic E-state index is 0.812. The standard InChI is InChI=1S/C15H19IN4OS/c1-19-14(10-20-6-8-21-9-7-20)17-18-15(19)22-11-12-2-4-13(16)5-3-12/h2-5H,6-11H2,1H3. The Kier molecular flexibility index (Phi) is 5.72. The molecule has 2 heterocycles. The molecule has 5 nitrogen and oxygen atoms in total. The van der Waals surface area contributed by atoms with E-state index in [9.17, 15) is 0 Å². The van der Waals surface area contributed by atoms with Crippen LogP contribution in [0, 0.1) is 3.57 Å². The van der Waals surface area contributed by atoms with Gasteiger partial charge in [-0.05, 0) is 40.3 Å². The number of hydrogen-bond acceptors (Lipinski definition) is 5. The maximum Gasteiger partial charge on any atom is 0.191 e. The highest BCUT2D eigenvalue weighted by Crippen LogP contribution is 2.22. The van der Waals surface area contributed by atoms with Gasteiger partial charge >= 0.3 is 0 Å². The van der Waals surface area contributed by atoms with Crippen LogP contribution in [0.5, 0.6) is 0 Å². The van der Waals surface area contributed by atoms with Gasteiger partial charge in [0, 0.05) is 29.5 Å². The summed E-state index contributed by atoms with van der Waals surface area (Å²) >= 11 is 4.06. The van der Waals surface area contributed by atoms with E-state index in [-0.39, 0.29) is 0 Å². The molecule has 1 aliphatic heterocycles. The molecule has 2 aromatic rings. The number of ether oxygens (including phenoxy) is 1. The molecule has 3 rings (SSSR count). The summed E-state index contributed by atoms with van der Waals surface area (Å²) in [5, 5.41) is 9.65. The first-order valence-electron chi connectivity index (χ1n) is 7.28. The van der Waals surface area contributed by atoms with E-state index >= 15 is 0 Å². The third-order valence-corrected chi connectivity index (χ3v) is 5.49. The van der Waals surface area contributed by atoms with E-state index in [1.165, 1.54) is 9.13 Å². The molecule has 7 heteroatoms. The van der Waals surface area contributed by atoms with Crippen molar-refractivity contribution in [3.63, 3.8) is 0 Å². The molecule has 0 amide bonds. The average Bonchev–Trinajstić information content (AvgIpc) is 2.88. The smallest absolute Gasteiger partial charge is 0.191 e. The highest BCUT2D eigenvalue weighted by atomic mass is 127. The second-order valence-electron chi connectivity index (χ2n) is 5.26. The fourth-order valence-electron chi connectivity index (χ4n) is 2.30. The Morgan fingerprint density at radius 2 is 1.91 bits per heavy atom. The van der Waals surface area contributed by atoms with Gasteiger partial charge in [-0.2, -0.15) is 0 Å². The predicted molar refractivity (Wildman–Crippen MR) is 95.8 cm³/mol. The Morgan fingerprint density at radius 1 is 1.18 bits per heavy atom. The maximum absolute atomic E-state index is 5.38. The zero-order valence-electron chi connectivity index (χ0n) is 12.5. The quantitative estimate of drug-likeness (QED) is 0.539. The summed E-state index contributed by atoms with van der Waals surface area (Å²) in [7, 11) is 2.05. The number of rotatable bonds is 5. The fourth-order valence-corrected chi connectivity index (χ4v) is 3.54. The van der Waals surface area contributed by atoms with Crippen molar-refractivity contribution in [2.24, 2.45) is 7.05 Å². The van der Waals surface area contributed by atoms with Crippen LogP contribution in [0.3, 0.4) is 0 Å². The summed E-state index contributed by atoms with van der Waals surface area (Å²) in [6.45, 7) is 4.41. The van der Waals surface area contributed by atoms with Gasteiger partial charge in [-0.15, -0.1) is 10.2 Å². The summed E-state index contributed by atoms with van der Waals surface area (Å²) in [6, 6.07) is 8.60. The number of aromatic nitrogens is 3. The van der Waals surface area contributed by atoms with Crippen LogP contribution >= 0.6 is 34.4 Å². The zero-order valence-corrected chi connectivity index (χ0v) is 15.5. The Balaban J connectivity index is 1.59. The number of halogens is 1. The minimum atomic E-state index is 0.812. The van der Waals surface area contributed by atoms with E-state index in [1.807, 2.05) is 7.05 Å². The molecular weight excluding hydrogens is 411 g/mol. The number of benzene rings is 1. The molecule has 1 aliphatic rings. The second kappa shape index (κ2) is 7.76. The van der Waals surface area contributed by atoms with E-state index in [4.69, 9.17) is 4.74 Å². The summed E-state index contributed by atoms with van der Waals surface area (Å²) < 4.78 is 8.75. The molecule has 0 saturated carbocycles. The summed E-state index contributed by atoms with van der Waals surface area (Å²) in [5.74, 6) is 1.94. The van der Waals surface area contributed by atoms with Gasteiger partial charge in [0.2, 0.25) is 0 Å². The Labute approximate surface area is 148 Å². The molecule has 0 aliphatic carbocycles. The first kappa shape index (κ1) is 16.2. The fraction of sp³-hybridized carbons (Fsp3) is 0.467. The predicted octanol–water partition coefficient (Wildman–Crippen LogP) is 2.54. The summed E-state index contributed by atoms with van der Waals surface area (Å²) in [6.07, 6.45) is 0. The molecule has 1 fully saturated rings. The van der Waals surface area contributed by atoms with Gasteiger partial charge in [-0.25, -0.2) is 0 Å². The molecule has 0 radical (unpaired) electrons. The molecule has 1 aromatic heterocycles. The molecule has 0 N–H and O–H groups in total. The SMILES string of the molecule is Cn1c(CN2CCOCC2)nnc1SCc1ccc(I)cc1. The van der Waals surface area contributed by atoms with Crippen LogP contribution in [0.4, 0.5) is 0 Å². The first-order valence-corrected chi connectivity index (χ1v) is 9.34. The molecule has 1 aromatic carbocycles. The van der Waals surface area contributed by atoms with E-state index < -0.39 is 0 Å². The summed E-state index contributed by atoms with van der Waals surface area (Å²) in [5.41, 5.74) is 1.31.